The first-order chi connectivity index (χ1) is 16.2. The average molecular weight is 448 g/mol. The molecule has 1 N–H and O–H groups in total. The van der Waals surface area contributed by atoms with Crippen molar-refractivity contribution in [1.29, 1.82) is 0 Å². The van der Waals surface area contributed by atoms with Crippen molar-refractivity contribution < 1.29 is 0 Å². The fourth-order valence-corrected chi connectivity index (χ4v) is 4.67. The third-order valence-corrected chi connectivity index (χ3v) is 6.39. The minimum Gasteiger partial charge on any atom is -0.338 e. The molecule has 0 radical (unpaired) electrons. The second kappa shape index (κ2) is 7.72. The Hall–Kier alpha value is -4.23. The van der Waals surface area contributed by atoms with Gasteiger partial charge in [0.2, 0.25) is 5.43 Å². The molecule has 0 atom stereocenters. The molecule has 0 saturated heterocycles. The quantitative estimate of drug-likeness (QED) is 0.380. The molecule has 0 aliphatic rings. The highest BCUT2D eigenvalue weighted by molar-refractivity contribution is 7.15. The fraction of sp³-hybridized carbons (Fsp3) is 0.0385. The van der Waals surface area contributed by atoms with Gasteiger partial charge >= 0.3 is 0 Å². The largest absolute Gasteiger partial charge is 0.338 e. The normalized spacial score (nSPS) is 11.3. The zero-order valence-electron chi connectivity index (χ0n) is 17.6. The topological polar surface area (TPSA) is 84.4 Å². The number of aromatic amines is 1. The lowest BCUT2D eigenvalue weighted by atomic mass is 10.1. The molecule has 0 bridgehead atoms. The molecule has 6 rings (SSSR count). The molecule has 0 amide bonds. The number of nitrogens with zero attached hydrogens (tertiary/aromatic N) is 4. The summed E-state index contributed by atoms with van der Waals surface area (Å²) in [6, 6.07) is 21.2. The Morgan fingerprint density at radius 1 is 0.848 bits per heavy atom. The molecule has 2 aromatic carbocycles. The molecule has 0 unspecified atom stereocenters. The van der Waals surface area contributed by atoms with E-state index in [1.54, 1.807) is 29.8 Å². The minimum atomic E-state index is -0.175. The van der Waals surface area contributed by atoms with Crippen molar-refractivity contribution >= 4 is 33.4 Å². The Morgan fingerprint density at radius 2 is 1.73 bits per heavy atom. The van der Waals surface area contributed by atoms with E-state index < -0.39 is 0 Å². The zero-order valence-corrected chi connectivity index (χ0v) is 18.4. The van der Waals surface area contributed by atoms with E-state index in [-0.39, 0.29) is 5.43 Å². The van der Waals surface area contributed by atoms with Gasteiger partial charge in [-0.1, -0.05) is 42.5 Å². The van der Waals surface area contributed by atoms with Gasteiger partial charge < -0.3 is 4.98 Å². The predicted molar refractivity (Wildman–Crippen MR) is 132 cm³/mol. The summed E-state index contributed by atoms with van der Waals surface area (Å²) >= 11 is 1.55. The summed E-state index contributed by atoms with van der Waals surface area (Å²) < 4.78 is 0. The van der Waals surface area contributed by atoms with E-state index in [0.29, 0.717) is 28.2 Å². The highest BCUT2D eigenvalue weighted by Crippen LogP contribution is 2.34. The van der Waals surface area contributed by atoms with Gasteiger partial charge in [0.25, 0.3) is 0 Å². The molecular weight excluding hydrogens is 430 g/mol. The molecule has 0 aliphatic heterocycles. The highest BCUT2D eigenvalue weighted by atomic mass is 32.1. The number of aromatic nitrogens is 5. The summed E-state index contributed by atoms with van der Waals surface area (Å²) in [6.45, 7) is 1.96. The van der Waals surface area contributed by atoms with Crippen LogP contribution in [0, 0.1) is 6.92 Å². The van der Waals surface area contributed by atoms with Crippen LogP contribution in [0.1, 0.15) is 5.01 Å². The van der Waals surface area contributed by atoms with Crippen molar-refractivity contribution in [2.75, 3.05) is 0 Å². The van der Waals surface area contributed by atoms with Crippen LogP contribution in [0.4, 0.5) is 0 Å². The summed E-state index contributed by atoms with van der Waals surface area (Å²) in [5.74, 6) is 0. The average Bonchev–Trinajstić information content (AvgIpc) is 3.29. The third kappa shape index (κ3) is 3.48. The maximum absolute atomic E-state index is 13.1. The van der Waals surface area contributed by atoms with E-state index in [0.717, 1.165) is 31.9 Å². The minimum absolute atomic E-state index is 0.175. The Morgan fingerprint density at radius 3 is 2.55 bits per heavy atom. The van der Waals surface area contributed by atoms with Crippen molar-refractivity contribution in [3.63, 3.8) is 0 Å². The van der Waals surface area contributed by atoms with Crippen LogP contribution < -0.4 is 5.43 Å². The molecule has 7 heteroatoms. The van der Waals surface area contributed by atoms with Gasteiger partial charge in [-0.2, -0.15) is 0 Å². The van der Waals surface area contributed by atoms with Crippen molar-refractivity contribution in [2.45, 2.75) is 6.92 Å². The molecule has 4 aromatic heterocycles. The second-order valence-electron chi connectivity index (χ2n) is 7.69. The number of rotatable bonds is 3. The number of aryl methyl sites for hydroxylation is 1. The highest BCUT2D eigenvalue weighted by Gasteiger charge is 2.18. The first-order valence-electron chi connectivity index (χ1n) is 10.4. The molecule has 158 valence electrons. The lowest BCUT2D eigenvalue weighted by Crippen LogP contribution is -2.08. The Balaban J connectivity index is 1.63. The van der Waals surface area contributed by atoms with E-state index in [9.17, 15) is 4.79 Å². The molecule has 0 spiro atoms. The molecule has 6 nitrogen and oxygen atoms in total. The maximum Gasteiger partial charge on any atom is 0.210 e. The van der Waals surface area contributed by atoms with Gasteiger partial charge in [-0.05, 0) is 30.7 Å². The van der Waals surface area contributed by atoms with Gasteiger partial charge in [-0.15, -0.1) is 11.3 Å². The van der Waals surface area contributed by atoms with Crippen molar-refractivity contribution in [3.05, 3.63) is 94.4 Å². The first kappa shape index (κ1) is 19.5. The summed E-state index contributed by atoms with van der Waals surface area (Å²) in [7, 11) is 0. The molecule has 4 heterocycles. The molecule has 6 aromatic rings. The molecule has 0 aliphatic carbocycles. The summed E-state index contributed by atoms with van der Waals surface area (Å²) in [5.41, 5.74) is 5.32. The van der Waals surface area contributed by atoms with Crippen LogP contribution in [-0.2, 0) is 0 Å². The number of H-pyrrole nitrogens is 1. The van der Waals surface area contributed by atoms with E-state index >= 15 is 0 Å². The molecule has 33 heavy (non-hydrogen) atoms. The van der Waals surface area contributed by atoms with Gasteiger partial charge in [0, 0.05) is 29.4 Å². The van der Waals surface area contributed by atoms with E-state index in [1.807, 2.05) is 67.6 Å². The van der Waals surface area contributed by atoms with Gasteiger partial charge in [0.15, 0.2) is 11.2 Å². The summed E-state index contributed by atoms with van der Waals surface area (Å²) in [5, 5.41) is 1.93. The van der Waals surface area contributed by atoms with E-state index in [2.05, 4.69) is 15.0 Å². The SMILES string of the molecule is Cc1ncc(-c2nc3[nH]c(-c4ccccc4)cc(=O)c3nc2-c2ccc3ncccc3c2)s1. The van der Waals surface area contributed by atoms with Crippen molar-refractivity contribution in [1.82, 2.24) is 24.9 Å². The fourth-order valence-electron chi connectivity index (χ4n) is 3.90. The summed E-state index contributed by atoms with van der Waals surface area (Å²) in [6.07, 6.45) is 3.58. The lowest BCUT2D eigenvalue weighted by Gasteiger charge is -2.10. The van der Waals surface area contributed by atoms with Crippen LogP contribution in [-0.4, -0.2) is 24.9 Å². The first-order valence-corrected chi connectivity index (χ1v) is 11.3. The summed E-state index contributed by atoms with van der Waals surface area (Å²) in [4.78, 5) is 35.8. The number of benzene rings is 2. The van der Waals surface area contributed by atoms with Crippen LogP contribution in [0.3, 0.4) is 0 Å². The number of fused-ring (bicyclic) bond motifs is 2. The van der Waals surface area contributed by atoms with E-state index in [4.69, 9.17) is 9.97 Å². The van der Waals surface area contributed by atoms with Crippen LogP contribution in [0.2, 0.25) is 0 Å². The Kier molecular flexibility index (Phi) is 4.55. The maximum atomic E-state index is 13.1. The number of nitrogens with one attached hydrogen (secondary N) is 1. The number of hydrogen-bond donors (Lipinski definition) is 1. The van der Waals surface area contributed by atoms with E-state index in [1.165, 1.54) is 0 Å². The molecular formula is C26H17N5OS. The monoisotopic (exact) mass is 447 g/mol. The molecule has 0 saturated carbocycles. The van der Waals surface area contributed by atoms with Gasteiger partial charge in [-0.25, -0.2) is 15.0 Å². The zero-order chi connectivity index (χ0) is 22.4. The van der Waals surface area contributed by atoms with Crippen molar-refractivity contribution in [2.24, 2.45) is 0 Å². The standard InChI is InChI=1S/C26H17N5OS/c1-15-28-14-22(33-15)25-23(18-9-10-19-17(12-18)8-5-11-27-19)30-24-21(32)13-20(29-26(24)31-25)16-6-3-2-4-7-16/h2-14H,1H3,(H,29,31,32). The molecule has 0 fully saturated rings. The van der Waals surface area contributed by atoms with Gasteiger partial charge in [0.05, 0.1) is 26.8 Å². The van der Waals surface area contributed by atoms with Gasteiger partial charge in [-0.3, -0.25) is 9.78 Å². The van der Waals surface area contributed by atoms with Crippen LogP contribution >= 0.6 is 11.3 Å². The van der Waals surface area contributed by atoms with Crippen molar-refractivity contribution in [3.8, 4) is 33.1 Å². The number of thiazole rings is 1. The number of hydrogen-bond acceptors (Lipinski definition) is 6. The predicted octanol–water partition coefficient (Wildman–Crippen LogP) is 5.63. The van der Waals surface area contributed by atoms with Crippen LogP contribution in [0.5, 0.6) is 0 Å². The van der Waals surface area contributed by atoms with Gasteiger partial charge in [0.1, 0.15) is 5.69 Å². The lowest BCUT2D eigenvalue weighted by molar-refractivity contribution is 1.22. The second-order valence-corrected chi connectivity index (χ2v) is 8.92. The van der Waals surface area contributed by atoms with Crippen LogP contribution in [0.15, 0.2) is 83.9 Å². The van der Waals surface area contributed by atoms with Crippen LogP contribution in [0.25, 0.3) is 55.2 Å². The number of pyridine rings is 2. The Labute approximate surface area is 192 Å². The third-order valence-electron chi connectivity index (χ3n) is 5.47. The Bertz CT molecular complexity index is 1710. The smallest absolute Gasteiger partial charge is 0.210 e.